The molecule has 4 nitrogen and oxygen atoms in total. The van der Waals surface area contributed by atoms with E-state index in [0.717, 1.165) is 22.5 Å². The Kier molecular flexibility index (Phi) is 6.78. The van der Waals surface area contributed by atoms with Crippen molar-refractivity contribution in [2.45, 2.75) is 47.0 Å². The third-order valence-corrected chi connectivity index (χ3v) is 6.57. The molecule has 1 aliphatic carbocycles. The van der Waals surface area contributed by atoms with Crippen molar-refractivity contribution >= 4 is 28.6 Å². The van der Waals surface area contributed by atoms with Gasteiger partial charge in [-0.15, -0.1) is 0 Å². The fraction of sp³-hybridized carbons (Fsp3) is 0.300. The van der Waals surface area contributed by atoms with E-state index in [0.29, 0.717) is 16.8 Å². The zero-order valence-corrected chi connectivity index (χ0v) is 20.7. The number of ether oxygens (including phenoxy) is 1. The molecule has 176 valence electrons. The highest BCUT2D eigenvalue weighted by Crippen LogP contribution is 2.40. The van der Waals surface area contributed by atoms with Crippen molar-refractivity contribution in [3.8, 4) is 5.75 Å². The number of furan rings is 1. The van der Waals surface area contributed by atoms with Crippen LogP contribution in [0.2, 0.25) is 0 Å². The second-order valence-corrected chi connectivity index (χ2v) is 9.74. The zero-order chi connectivity index (χ0) is 24.3. The summed E-state index contributed by atoms with van der Waals surface area (Å²) in [6.07, 6.45) is 10.2. The fourth-order valence-corrected chi connectivity index (χ4v) is 4.64. The maximum absolute atomic E-state index is 12.7. The van der Waals surface area contributed by atoms with E-state index in [2.05, 4.69) is 45.2 Å². The maximum Gasteiger partial charge on any atom is 0.255 e. The molecule has 3 aromatic rings. The van der Waals surface area contributed by atoms with Crippen LogP contribution >= 0.6 is 0 Å². The van der Waals surface area contributed by atoms with Crippen LogP contribution in [-0.2, 0) is 0 Å². The van der Waals surface area contributed by atoms with E-state index in [1.807, 2.05) is 48.5 Å². The number of benzene rings is 2. The van der Waals surface area contributed by atoms with Gasteiger partial charge in [-0.1, -0.05) is 37.6 Å². The molecule has 0 aliphatic heterocycles. The number of carbonyl (C=O) groups is 1. The van der Waals surface area contributed by atoms with Crippen molar-refractivity contribution in [1.82, 2.24) is 0 Å². The normalized spacial score (nSPS) is 16.3. The lowest BCUT2D eigenvalue weighted by atomic mass is 9.72. The summed E-state index contributed by atoms with van der Waals surface area (Å²) in [5.74, 6) is 1.34. The zero-order valence-electron chi connectivity index (χ0n) is 20.7. The summed E-state index contributed by atoms with van der Waals surface area (Å²) >= 11 is 0. The van der Waals surface area contributed by atoms with Crippen LogP contribution in [0.25, 0.3) is 17.0 Å². The van der Waals surface area contributed by atoms with Crippen LogP contribution in [0.1, 0.15) is 63.1 Å². The highest BCUT2D eigenvalue weighted by Gasteiger charge is 2.26. The van der Waals surface area contributed by atoms with Gasteiger partial charge in [0, 0.05) is 16.6 Å². The number of anilines is 1. The molecular weight excluding hydrogens is 422 g/mol. The molecule has 1 aliphatic rings. The van der Waals surface area contributed by atoms with Gasteiger partial charge in [-0.05, 0) is 98.2 Å². The van der Waals surface area contributed by atoms with Gasteiger partial charge in [-0.2, -0.15) is 0 Å². The molecule has 1 heterocycles. The van der Waals surface area contributed by atoms with E-state index in [-0.39, 0.29) is 11.3 Å². The average Bonchev–Trinajstić information content (AvgIpc) is 3.20. The van der Waals surface area contributed by atoms with E-state index in [1.54, 1.807) is 13.2 Å². The third kappa shape index (κ3) is 5.33. The second kappa shape index (κ2) is 9.76. The first-order valence-corrected chi connectivity index (χ1v) is 11.8. The predicted octanol–water partition coefficient (Wildman–Crippen LogP) is 8.18. The topological polar surface area (TPSA) is 51.5 Å². The van der Waals surface area contributed by atoms with Crippen molar-refractivity contribution in [2.75, 3.05) is 12.4 Å². The van der Waals surface area contributed by atoms with Gasteiger partial charge in [-0.3, -0.25) is 4.79 Å². The number of nitrogens with one attached hydrogen (secondary N) is 1. The molecule has 0 atom stereocenters. The van der Waals surface area contributed by atoms with Gasteiger partial charge in [0.1, 0.15) is 17.1 Å². The largest absolute Gasteiger partial charge is 0.497 e. The number of rotatable bonds is 6. The van der Waals surface area contributed by atoms with Gasteiger partial charge >= 0.3 is 0 Å². The SMILES string of the molecule is COc1ccc(NC(=O)c2ccc3cc(C=C(C)C=CC4=C(C)CCCC4(C)C)oc3c2)cc1. The van der Waals surface area contributed by atoms with Gasteiger partial charge < -0.3 is 14.5 Å². The standard InChI is InChI=1S/C30H33NO3/c1-20(8-15-27-21(2)7-6-16-30(27,3)4)17-26-18-22-9-10-23(19-28(22)34-26)29(32)31-24-11-13-25(33-5)14-12-24/h8-15,17-19H,6-7,16H2,1-5H3,(H,31,32). The van der Waals surface area contributed by atoms with Crippen LogP contribution in [0.5, 0.6) is 5.75 Å². The number of methoxy groups -OCH3 is 1. The van der Waals surface area contributed by atoms with Crippen molar-refractivity contribution in [3.63, 3.8) is 0 Å². The molecule has 1 aromatic heterocycles. The number of carbonyl (C=O) groups excluding carboxylic acids is 1. The molecule has 4 rings (SSSR count). The van der Waals surface area contributed by atoms with Gasteiger partial charge in [0.25, 0.3) is 5.91 Å². The van der Waals surface area contributed by atoms with Gasteiger partial charge in [0.2, 0.25) is 0 Å². The minimum atomic E-state index is -0.182. The molecular formula is C30H33NO3. The van der Waals surface area contributed by atoms with E-state index in [1.165, 1.54) is 30.4 Å². The van der Waals surface area contributed by atoms with Gasteiger partial charge in [-0.25, -0.2) is 0 Å². The predicted molar refractivity (Wildman–Crippen MR) is 140 cm³/mol. The first-order chi connectivity index (χ1) is 16.2. The summed E-state index contributed by atoms with van der Waals surface area (Å²) in [7, 11) is 1.61. The quantitative estimate of drug-likeness (QED) is 0.381. The molecule has 1 amide bonds. The highest BCUT2D eigenvalue weighted by atomic mass is 16.5. The van der Waals surface area contributed by atoms with Gasteiger partial charge in [0.05, 0.1) is 7.11 Å². The van der Waals surface area contributed by atoms with Crippen LogP contribution in [0.4, 0.5) is 5.69 Å². The van der Waals surface area contributed by atoms with E-state index in [4.69, 9.17) is 9.15 Å². The van der Waals surface area contributed by atoms with E-state index >= 15 is 0 Å². The molecule has 0 saturated heterocycles. The monoisotopic (exact) mass is 455 g/mol. The Balaban J connectivity index is 1.50. The molecule has 0 spiro atoms. The van der Waals surface area contributed by atoms with Crippen molar-refractivity contribution in [3.05, 3.63) is 88.7 Å². The minimum absolute atomic E-state index is 0.182. The number of hydrogen-bond donors (Lipinski definition) is 1. The van der Waals surface area contributed by atoms with Crippen LogP contribution in [0.15, 0.2) is 81.8 Å². The Labute approximate surface area is 202 Å². The van der Waals surface area contributed by atoms with Crippen LogP contribution in [-0.4, -0.2) is 13.0 Å². The summed E-state index contributed by atoms with van der Waals surface area (Å²) in [4.78, 5) is 12.7. The summed E-state index contributed by atoms with van der Waals surface area (Å²) < 4.78 is 11.2. The Hall–Kier alpha value is -3.53. The summed E-state index contributed by atoms with van der Waals surface area (Å²) in [5, 5.41) is 3.88. The number of fused-ring (bicyclic) bond motifs is 1. The fourth-order valence-electron chi connectivity index (χ4n) is 4.64. The molecule has 2 aromatic carbocycles. The Morgan fingerprint density at radius 1 is 1.12 bits per heavy atom. The molecule has 0 radical (unpaired) electrons. The number of hydrogen-bond acceptors (Lipinski definition) is 3. The lowest BCUT2D eigenvalue weighted by Gasteiger charge is -2.32. The highest BCUT2D eigenvalue weighted by molar-refractivity contribution is 6.06. The number of allylic oxidation sites excluding steroid dienone is 5. The van der Waals surface area contributed by atoms with Crippen molar-refractivity contribution in [2.24, 2.45) is 5.41 Å². The summed E-state index contributed by atoms with van der Waals surface area (Å²) in [6.45, 7) is 9.00. The Bertz CT molecular complexity index is 1290. The first-order valence-electron chi connectivity index (χ1n) is 11.8. The first kappa shape index (κ1) is 23.6. The molecule has 4 heteroatoms. The molecule has 0 fully saturated rings. The second-order valence-electron chi connectivity index (χ2n) is 9.74. The molecule has 0 bridgehead atoms. The smallest absolute Gasteiger partial charge is 0.255 e. The number of amides is 1. The average molecular weight is 456 g/mol. The van der Waals surface area contributed by atoms with E-state index in [9.17, 15) is 4.79 Å². The van der Waals surface area contributed by atoms with E-state index < -0.39 is 0 Å². The minimum Gasteiger partial charge on any atom is -0.497 e. The lowest BCUT2D eigenvalue weighted by molar-refractivity contribution is 0.102. The third-order valence-electron chi connectivity index (χ3n) is 6.57. The maximum atomic E-state index is 12.7. The molecule has 0 unspecified atom stereocenters. The van der Waals surface area contributed by atoms with Crippen LogP contribution in [0.3, 0.4) is 0 Å². The van der Waals surface area contributed by atoms with Crippen LogP contribution in [0, 0.1) is 5.41 Å². The lowest BCUT2D eigenvalue weighted by Crippen LogP contribution is -2.19. The Morgan fingerprint density at radius 3 is 2.59 bits per heavy atom. The van der Waals surface area contributed by atoms with Crippen molar-refractivity contribution in [1.29, 1.82) is 0 Å². The summed E-state index contributed by atoms with van der Waals surface area (Å²) in [6, 6.07) is 14.8. The molecule has 0 saturated carbocycles. The molecule has 34 heavy (non-hydrogen) atoms. The Morgan fingerprint density at radius 2 is 1.88 bits per heavy atom. The van der Waals surface area contributed by atoms with Crippen molar-refractivity contribution < 1.29 is 13.9 Å². The van der Waals surface area contributed by atoms with Gasteiger partial charge in [0.15, 0.2) is 0 Å². The van der Waals surface area contributed by atoms with Crippen LogP contribution < -0.4 is 10.1 Å². The summed E-state index contributed by atoms with van der Waals surface area (Å²) in [5.41, 5.74) is 6.24. The molecule has 1 N–H and O–H groups in total.